The lowest BCUT2D eigenvalue weighted by molar-refractivity contribution is 0.0697. The van der Waals surface area contributed by atoms with Gasteiger partial charge < -0.3 is 14.8 Å². The number of aromatic nitrogens is 2. The van der Waals surface area contributed by atoms with E-state index in [1.807, 2.05) is 4.57 Å². The monoisotopic (exact) mass is 258 g/mol. The first-order valence-corrected chi connectivity index (χ1v) is 6.24. The number of aliphatic hydroxyl groups excluding tert-OH is 1. The van der Waals surface area contributed by atoms with Gasteiger partial charge in [-0.1, -0.05) is 12.1 Å². The Morgan fingerprint density at radius 3 is 2.74 bits per heavy atom. The third-order valence-corrected chi connectivity index (χ3v) is 3.48. The van der Waals surface area contributed by atoms with Crippen molar-refractivity contribution in [1.82, 2.24) is 9.55 Å². The van der Waals surface area contributed by atoms with Crippen molar-refractivity contribution in [2.75, 3.05) is 0 Å². The van der Waals surface area contributed by atoms with Crippen molar-refractivity contribution in [2.24, 2.45) is 0 Å². The maximum absolute atomic E-state index is 10.8. The van der Waals surface area contributed by atoms with E-state index in [0.717, 1.165) is 36.5 Å². The van der Waals surface area contributed by atoms with Crippen molar-refractivity contribution in [3.8, 4) is 11.4 Å². The summed E-state index contributed by atoms with van der Waals surface area (Å²) in [5.74, 6) is -0.155. The summed E-state index contributed by atoms with van der Waals surface area (Å²) in [5, 5.41) is 18.8. The molecule has 1 aromatic heterocycles. The Bertz CT molecular complexity index is 616. The molecule has 3 rings (SSSR count). The molecule has 5 nitrogen and oxygen atoms in total. The summed E-state index contributed by atoms with van der Waals surface area (Å²) in [6, 6.07) is 6.64. The predicted molar refractivity (Wildman–Crippen MR) is 68.8 cm³/mol. The maximum atomic E-state index is 10.8. The maximum Gasteiger partial charge on any atom is 0.335 e. The Balaban J connectivity index is 2.01. The topological polar surface area (TPSA) is 75.3 Å². The molecule has 0 fully saturated rings. The second kappa shape index (κ2) is 4.51. The Hall–Kier alpha value is -2.14. The largest absolute Gasteiger partial charge is 0.478 e. The van der Waals surface area contributed by atoms with Crippen LogP contribution >= 0.6 is 0 Å². The second-order valence-corrected chi connectivity index (χ2v) is 4.70. The lowest BCUT2D eigenvalue weighted by Crippen LogP contribution is -2.15. The number of imidazole rings is 1. The van der Waals surface area contributed by atoms with E-state index in [4.69, 9.17) is 5.11 Å². The molecule has 2 N–H and O–H groups in total. The van der Waals surface area contributed by atoms with Crippen LogP contribution in [0.5, 0.6) is 0 Å². The average Bonchev–Trinajstić information content (AvgIpc) is 2.84. The number of hydrogen-bond acceptors (Lipinski definition) is 3. The summed E-state index contributed by atoms with van der Waals surface area (Å²) in [7, 11) is 0. The minimum Gasteiger partial charge on any atom is -0.478 e. The number of carboxylic acids is 1. The van der Waals surface area contributed by atoms with E-state index in [-0.39, 0.29) is 5.56 Å². The normalized spacial score (nSPS) is 18.1. The molecule has 0 bridgehead atoms. The highest BCUT2D eigenvalue weighted by molar-refractivity contribution is 5.88. The van der Waals surface area contributed by atoms with Gasteiger partial charge >= 0.3 is 5.97 Å². The Labute approximate surface area is 110 Å². The van der Waals surface area contributed by atoms with Gasteiger partial charge in [0.1, 0.15) is 5.82 Å². The summed E-state index contributed by atoms with van der Waals surface area (Å²) >= 11 is 0. The van der Waals surface area contributed by atoms with Crippen LogP contribution in [0.25, 0.3) is 11.4 Å². The number of hydrogen-bond donors (Lipinski definition) is 2. The van der Waals surface area contributed by atoms with Crippen molar-refractivity contribution in [3.05, 3.63) is 41.7 Å². The van der Waals surface area contributed by atoms with Gasteiger partial charge in [-0.05, 0) is 25.0 Å². The first-order chi connectivity index (χ1) is 9.16. The van der Waals surface area contributed by atoms with Gasteiger partial charge in [-0.25, -0.2) is 9.78 Å². The Morgan fingerprint density at radius 1 is 1.32 bits per heavy atom. The first kappa shape index (κ1) is 11.9. The van der Waals surface area contributed by atoms with Crippen LogP contribution in [0.3, 0.4) is 0 Å². The van der Waals surface area contributed by atoms with Gasteiger partial charge in [0.25, 0.3) is 0 Å². The van der Waals surface area contributed by atoms with Gasteiger partial charge in [0.2, 0.25) is 0 Å². The van der Waals surface area contributed by atoms with Gasteiger partial charge in [-0.3, -0.25) is 0 Å². The molecule has 0 saturated heterocycles. The number of fused-ring (bicyclic) bond motifs is 1. The SMILES string of the molecule is O=C(O)c1ccc(-c2ncc3n2CCCC3O)cc1. The quantitative estimate of drug-likeness (QED) is 0.864. The van der Waals surface area contributed by atoms with Gasteiger partial charge in [0, 0.05) is 12.1 Å². The highest BCUT2D eigenvalue weighted by atomic mass is 16.4. The smallest absolute Gasteiger partial charge is 0.335 e. The van der Waals surface area contributed by atoms with Crippen molar-refractivity contribution in [2.45, 2.75) is 25.5 Å². The lowest BCUT2D eigenvalue weighted by atomic mass is 10.1. The van der Waals surface area contributed by atoms with Crippen LogP contribution in [0, 0.1) is 0 Å². The number of rotatable bonds is 2. The summed E-state index contributed by atoms with van der Waals surface area (Å²) in [4.78, 5) is 15.2. The predicted octanol–water partition coefficient (Wildman–Crippen LogP) is 2.08. The summed E-state index contributed by atoms with van der Waals surface area (Å²) < 4.78 is 2.00. The van der Waals surface area contributed by atoms with Crippen LogP contribution in [-0.2, 0) is 6.54 Å². The van der Waals surface area contributed by atoms with Crippen molar-refractivity contribution >= 4 is 5.97 Å². The molecule has 5 heteroatoms. The van der Waals surface area contributed by atoms with Crippen molar-refractivity contribution in [3.63, 3.8) is 0 Å². The molecule has 0 spiro atoms. The molecule has 98 valence electrons. The zero-order valence-corrected chi connectivity index (χ0v) is 10.3. The molecule has 2 aromatic rings. The fourth-order valence-electron chi connectivity index (χ4n) is 2.47. The molecule has 1 unspecified atom stereocenters. The molecular weight excluding hydrogens is 244 g/mol. The highest BCUT2D eigenvalue weighted by Gasteiger charge is 2.21. The fourth-order valence-corrected chi connectivity index (χ4v) is 2.47. The standard InChI is InChI=1S/C14H14N2O3/c17-12-2-1-7-16-11(12)8-15-13(16)9-3-5-10(6-4-9)14(18)19/h3-6,8,12,17H,1-2,7H2,(H,18,19). The Kier molecular flexibility index (Phi) is 2.83. The zero-order chi connectivity index (χ0) is 13.4. The average molecular weight is 258 g/mol. The highest BCUT2D eigenvalue weighted by Crippen LogP contribution is 2.30. The number of carboxylic acid groups (broad SMARTS) is 1. The van der Waals surface area contributed by atoms with Crippen LogP contribution in [0.4, 0.5) is 0 Å². The third-order valence-electron chi connectivity index (χ3n) is 3.48. The van der Waals surface area contributed by atoms with E-state index < -0.39 is 12.1 Å². The number of carbonyl (C=O) groups is 1. The fraction of sp³-hybridized carbons (Fsp3) is 0.286. The Morgan fingerprint density at radius 2 is 2.05 bits per heavy atom. The van der Waals surface area contributed by atoms with Gasteiger partial charge in [0.05, 0.1) is 23.6 Å². The molecule has 0 amide bonds. The van der Waals surface area contributed by atoms with E-state index in [9.17, 15) is 9.90 Å². The minimum absolute atomic E-state index is 0.259. The van der Waals surface area contributed by atoms with E-state index in [2.05, 4.69) is 4.98 Å². The van der Waals surface area contributed by atoms with Gasteiger partial charge in [-0.2, -0.15) is 0 Å². The summed E-state index contributed by atoms with van der Waals surface area (Å²) in [5.41, 5.74) is 1.96. The van der Waals surface area contributed by atoms with Crippen molar-refractivity contribution < 1.29 is 15.0 Å². The van der Waals surface area contributed by atoms with Gasteiger partial charge in [0.15, 0.2) is 0 Å². The summed E-state index contributed by atoms with van der Waals surface area (Å²) in [6.45, 7) is 0.836. The second-order valence-electron chi connectivity index (χ2n) is 4.70. The van der Waals surface area contributed by atoms with Crippen molar-refractivity contribution in [1.29, 1.82) is 0 Å². The molecule has 1 aliphatic rings. The van der Waals surface area contributed by atoms with E-state index in [0.29, 0.717) is 0 Å². The van der Waals surface area contributed by atoms with E-state index in [1.54, 1.807) is 30.5 Å². The molecule has 1 aliphatic heterocycles. The minimum atomic E-state index is -0.938. The summed E-state index contributed by atoms with van der Waals surface area (Å²) in [6.07, 6.45) is 2.94. The van der Waals surface area contributed by atoms with Crippen LogP contribution in [-0.4, -0.2) is 25.7 Å². The molecule has 0 radical (unpaired) electrons. The van der Waals surface area contributed by atoms with Crippen LogP contribution in [0.1, 0.15) is 35.0 Å². The van der Waals surface area contributed by atoms with E-state index >= 15 is 0 Å². The number of benzene rings is 1. The number of nitrogens with zero attached hydrogens (tertiary/aromatic N) is 2. The van der Waals surface area contributed by atoms with Gasteiger partial charge in [-0.15, -0.1) is 0 Å². The van der Waals surface area contributed by atoms with Crippen LogP contribution < -0.4 is 0 Å². The number of aliphatic hydroxyl groups is 1. The molecule has 0 saturated carbocycles. The first-order valence-electron chi connectivity index (χ1n) is 6.24. The molecular formula is C14H14N2O3. The molecule has 19 heavy (non-hydrogen) atoms. The van der Waals surface area contributed by atoms with Crippen LogP contribution in [0.15, 0.2) is 30.5 Å². The molecule has 0 aliphatic carbocycles. The third kappa shape index (κ3) is 2.02. The molecule has 1 atom stereocenters. The number of aromatic carboxylic acids is 1. The lowest BCUT2D eigenvalue weighted by Gasteiger charge is -2.21. The molecule has 1 aromatic carbocycles. The molecule has 2 heterocycles. The van der Waals surface area contributed by atoms with Crippen LogP contribution in [0.2, 0.25) is 0 Å². The van der Waals surface area contributed by atoms with E-state index in [1.165, 1.54) is 0 Å². The zero-order valence-electron chi connectivity index (χ0n) is 10.3.